The lowest BCUT2D eigenvalue weighted by molar-refractivity contribution is -0.941. The van der Waals surface area contributed by atoms with E-state index < -0.39 is 11.9 Å². The lowest BCUT2D eigenvalue weighted by atomic mass is 9.84. The van der Waals surface area contributed by atoms with Crippen LogP contribution in [-0.2, 0) is 35.3 Å². The molecule has 4 aliphatic rings. The molecule has 4 unspecified atom stereocenters. The first-order valence-corrected chi connectivity index (χ1v) is 21.7. The van der Waals surface area contributed by atoms with Crippen LogP contribution in [-0.4, -0.2) is 97.8 Å². The number of aromatic hydroxyl groups is 1. The van der Waals surface area contributed by atoms with Crippen LogP contribution >= 0.6 is 0 Å². The highest BCUT2D eigenvalue weighted by Crippen LogP contribution is 2.53. The number of carbonyl (C=O) groups is 2. The number of quaternary nitrogens is 2. The topological polar surface area (TPSA) is 141 Å². The van der Waals surface area contributed by atoms with Gasteiger partial charge in [0.1, 0.15) is 17.8 Å². The second kappa shape index (κ2) is 18.7. The van der Waals surface area contributed by atoms with Gasteiger partial charge in [-0.3, -0.25) is 9.59 Å². The van der Waals surface area contributed by atoms with Crippen LogP contribution in [0.15, 0.2) is 60.7 Å². The first-order chi connectivity index (χ1) is 29.3. The number of ether oxygens (including phenoxy) is 5. The van der Waals surface area contributed by atoms with Gasteiger partial charge in [0.2, 0.25) is 5.75 Å². The molecule has 4 heterocycles. The highest BCUT2D eigenvalue weighted by molar-refractivity contribution is 5.67. The summed E-state index contributed by atoms with van der Waals surface area (Å²) in [5.74, 6) is 2.07. The fourth-order valence-electron chi connectivity index (χ4n) is 9.96. The zero-order valence-corrected chi connectivity index (χ0v) is 36.3. The van der Waals surface area contributed by atoms with Crippen LogP contribution in [0.5, 0.6) is 46.0 Å². The minimum absolute atomic E-state index is 0.0422. The summed E-state index contributed by atoms with van der Waals surface area (Å²) in [7, 11) is 9.42. The van der Waals surface area contributed by atoms with E-state index >= 15 is 0 Å². The van der Waals surface area contributed by atoms with Gasteiger partial charge in [0.25, 0.3) is 0 Å². The number of rotatable bonds is 15. The Balaban J connectivity index is 1.39. The van der Waals surface area contributed by atoms with Gasteiger partial charge in [0, 0.05) is 44.1 Å². The molecule has 4 aliphatic heterocycles. The number of benzene rings is 4. The highest BCUT2D eigenvalue weighted by atomic mass is 16.5. The van der Waals surface area contributed by atoms with Crippen molar-refractivity contribution in [1.82, 2.24) is 0 Å². The van der Waals surface area contributed by atoms with Gasteiger partial charge in [-0.25, -0.2) is 0 Å². The normalized spacial score (nSPS) is 21.5. The number of hydrogen-bond donors (Lipinski definition) is 3. The van der Waals surface area contributed by atoms with Gasteiger partial charge in [-0.2, -0.15) is 0 Å². The molecule has 12 nitrogen and oxygen atoms in total. The molecule has 0 saturated carbocycles. The maximum Gasteiger partial charge on any atom is 0.303 e. The van der Waals surface area contributed by atoms with Crippen LogP contribution < -0.4 is 23.7 Å². The fraction of sp³-hybridized carbons (Fsp3) is 0.469. The Morgan fingerprint density at radius 3 is 1.82 bits per heavy atom. The number of aliphatic carboxylic acids is 2. The molecule has 0 aliphatic carbocycles. The van der Waals surface area contributed by atoms with E-state index in [9.17, 15) is 24.9 Å². The van der Waals surface area contributed by atoms with Crippen LogP contribution in [0.2, 0.25) is 0 Å². The van der Waals surface area contributed by atoms with E-state index in [1.165, 1.54) is 5.56 Å². The molecule has 0 spiro atoms. The molecule has 8 rings (SSSR count). The van der Waals surface area contributed by atoms with Gasteiger partial charge < -0.3 is 48.0 Å². The van der Waals surface area contributed by atoms with E-state index in [0.29, 0.717) is 64.0 Å². The Bertz CT molecular complexity index is 2220. The Kier molecular flexibility index (Phi) is 13.3. The van der Waals surface area contributed by atoms with Crippen molar-refractivity contribution in [2.45, 2.75) is 89.1 Å². The first-order valence-electron chi connectivity index (χ1n) is 21.7. The minimum atomic E-state index is -0.781. The Morgan fingerprint density at radius 2 is 1.20 bits per heavy atom. The SMILES string of the molecule is COc1ccc2cc1Oc1ccc(cc1)CC1c3cc(c(OC)cc3CC[N+]1(C)CCCCCC(=O)O)Oc1c(O)c(OC)cc3c1C(C2)[N+](C)(CCCCCC(=O)O)CC3. The second-order valence-corrected chi connectivity index (χ2v) is 17.6. The van der Waals surface area contributed by atoms with Crippen molar-refractivity contribution < 1.29 is 57.6 Å². The van der Waals surface area contributed by atoms with Crippen molar-refractivity contribution in [2.75, 3.05) is 61.6 Å². The Labute approximate surface area is 359 Å². The summed E-state index contributed by atoms with van der Waals surface area (Å²) in [5, 5.41) is 30.8. The molecule has 0 amide bonds. The molecule has 0 saturated heterocycles. The largest absolute Gasteiger partial charge is 0.502 e. The van der Waals surface area contributed by atoms with Gasteiger partial charge in [-0.05, 0) is 103 Å². The Hall–Kier alpha value is -5.46. The van der Waals surface area contributed by atoms with E-state index in [-0.39, 0.29) is 30.7 Å². The highest BCUT2D eigenvalue weighted by Gasteiger charge is 2.44. The molecular formula is C49H62N2O10+2. The van der Waals surface area contributed by atoms with Crippen LogP contribution in [0.3, 0.4) is 0 Å². The standard InChI is InChI=1S/C49H60N2O10/c1-50(22-10-6-8-12-45(52)53)24-20-34-29-41(58-4)43-31-37(34)38(50)26-32-14-17-36(18-15-32)60-42-28-33(16-19-40(42)57-3)27-39-47-35(30-44(59-5)48(56)49(47)61-43)21-25-51(39,2)23-11-7-9-13-46(54)55/h14-19,28-31,38-39H,6-13,20-27H2,1-5H3,(H-2,52,53,54,55,56)/p+2. The number of carboxylic acid groups (broad SMARTS) is 2. The summed E-state index contributed by atoms with van der Waals surface area (Å²) in [6.07, 6.45) is 7.87. The quantitative estimate of drug-likeness (QED) is 0.0784. The molecule has 0 fully saturated rings. The van der Waals surface area contributed by atoms with Crippen molar-refractivity contribution in [3.05, 3.63) is 94.0 Å². The van der Waals surface area contributed by atoms with E-state index in [1.807, 2.05) is 30.3 Å². The zero-order chi connectivity index (χ0) is 43.3. The van der Waals surface area contributed by atoms with Crippen molar-refractivity contribution in [3.63, 3.8) is 0 Å². The third kappa shape index (κ3) is 9.55. The Morgan fingerprint density at radius 1 is 0.639 bits per heavy atom. The van der Waals surface area contributed by atoms with Crippen LogP contribution in [0, 0.1) is 0 Å². The van der Waals surface area contributed by atoms with Crippen molar-refractivity contribution >= 4 is 11.9 Å². The number of nitrogens with zero attached hydrogens (tertiary/aromatic N) is 2. The maximum atomic E-state index is 12.2. The van der Waals surface area contributed by atoms with E-state index in [1.54, 1.807) is 21.3 Å². The summed E-state index contributed by atoms with van der Waals surface area (Å²) in [4.78, 5) is 22.6. The van der Waals surface area contributed by atoms with Gasteiger partial charge in [-0.1, -0.05) is 18.2 Å². The molecule has 6 bridgehead atoms. The second-order valence-electron chi connectivity index (χ2n) is 17.6. The number of phenolic OH excluding ortho intramolecular Hbond substituents is 1. The molecule has 12 heteroatoms. The van der Waals surface area contributed by atoms with Gasteiger partial charge in [0.15, 0.2) is 34.5 Å². The smallest absolute Gasteiger partial charge is 0.303 e. The molecular weight excluding hydrogens is 777 g/mol. The van der Waals surface area contributed by atoms with Gasteiger partial charge in [0.05, 0.1) is 67.2 Å². The van der Waals surface area contributed by atoms with Crippen LogP contribution in [0.4, 0.5) is 0 Å². The number of fused-ring (bicyclic) bond motifs is 2. The van der Waals surface area contributed by atoms with E-state index in [0.717, 1.165) is 103 Å². The van der Waals surface area contributed by atoms with Crippen LogP contribution in [0.1, 0.15) is 96.8 Å². The fourth-order valence-corrected chi connectivity index (χ4v) is 9.96. The third-order valence-electron chi connectivity index (χ3n) is 13.5. The number of hydrogen-bond acceptors (Lipinski definition) is 8. The summed E-state index contributed by atoms with van der Waals surface area (Å²) in [5.41, 5.74) is 6.48. The minimum Gasteiger partial charge on any atom is -0.502 e. The molecule has 4 aromatic rings. The number of likely N-dealkylation sites (N-methyl/N-ethyl adjacent to an activating group) is 2. The number of phenols is 1. The summed E-state index contributed by atoms with van der Waals surface area (Å²) < 4.78 is 32.8. The number of methoxy groups -OCH3 is 3. The van der Waals surface area contributed by atoms with Crippen molar-refractivity contribution in [3.8, 4) is 46.0 Å². The average molecular weight is 839 g/mol. The maximum absolute atomic E-state index is 12.2. The lowest BCUT2D eigenvalue weighted by Crippen LogP contribution is -2.52. The van der Waals surface area contributed by atoms with Gasteiger partial charge in [-0.15, -0.1) is 0 Å². The molecule has 326 valence electrons. The van der Waals surface area contributed by atoms with Crippen molar-refractivity contribution in [2.24, 2.45) is 0 Å². The molecule has 61 heavy (non-hydrogen) atoms. The third-order valence-corrected chi connectivity index (χ3v) is 13.5. The molecule has 3 N–H and O–H groups in total. The zero-order valence-electron chi connectivity index (χ0n) is 36.3. The van der Waals surface area contributed by atoms with E-state index in [4.69, 9.17) is 23.7 Å². The number of carboxylic acids is 2. The number of unbranched alkanes of at least 4 members (excludes halogenated alkanes) is 4. The lowest BCUT2D eigenvalue weighted by Gasteiger charge is -2.47. The van der Waals surface area contributed by atoms with Gasteiger partial charge >= 0.3 is 11.9 Å². The average Bonchev–Trinajstić information content (AvgIpc) is 3.23. The summed E-state index contributed by atoms with van der Waals surface area (Å²) in [6.45, 7) is 3.43. The summed E-state index contributed by atoms with van der Waals surface area (Å²) in [6, 6.07) is 20.4. The molecule has 4 aromatic carbocycles. The predicted molar refractivity (Wildman–Crippen MR) is 232 cm³/mol. The van der Waals surface area contributed by atoms with Crippen molar-refractivity contribution in [1.29, 1.82) is 0 Å². The summed E-state index contributed by atoms with van der Waals surface area (Å²) >= 11 is 0. The molecule has 0 radical (unpaired) electrons. The first kappa shape index (κ1) is 43.6. The predicted octanol–water partition coefficient (Wildman–Crippen LogP) is 9.18. The molecule has 0 aromatic heterocycles. The van der Waals surface area contributed by atoms with Crippen LogP contribution in [0.25, 0.3) is 0 Å². The monoisotopic (exact) mass is 838 g/mol. The van der Waals surface area contributed by atoms with E-state index in [2.05, 4.69) is 44.4 Å². The molecule has 4 atom stereocenters.